The predicted molar refractivity (Wildman–Crippen MR) is 160 cm³/mol. The van der Waals surface area contributed by atoms with E-state index in [0.717, 1.165) is 5.56 Å². The molecule has 2 aromatic carbocycles. The van der Waals surface area contributed by atoms with Crippen LogP contribution in [0.15, 0.2) is 53.3 Å². The van der Waals surface area contributed by atoms with E-state index in [2.05, 4.69) is 11.8 Å². The summed E-state index contributed by atoms with van der Waals surface area (Å²) in [6.45, 7) is 5.21. The molecule has 10 nitrogen and oxygen atoms in total. The van der Waals surface area contributed by atoms with Crippen molar-refractivity contribution in [2.45, 2.75) is 50.9 Å². The van der Waals surface area contributed by atoms with E-state index in [1.54, 1.807) is 14.1 Å². The zero-order valence-corrected chi connectivity index (χ0v) is 25.2. The van der Waals surface area contributed by atoms with Crippen molar-refractivity contribution in [1.82, 2.24) is 9.80 Å². The second-order valence-corrected chi connectivity index (χ2v) is 12.2. The second-order valence-electron chi connectivity index (χ2n) is 11.8. The van der Waals surface area contributed by atoms with Crippen LogP contribution in [0.3, 0.4) is 0 Å². The molecule has 2 aromatic rings. The standard InChI is InChI=1S/C32H36ClN3O7/c1-5-36(15(2)16-9-7-6-8-10-16)14-18-13-21(37)23-19(25(18)33)11-17-12-20-26(35(3)4)28(39)24(31(34)42)30(41)32(20,43)29(40)22(17)27(23)38/h6-10,13,15,17,20,26,37-38,41,43H,5,11-12,14H2,1-4H3,(H2,34,42)/t15?,17-,20-,26-,32-/m0/s1. The Kier molecular flexibility index (Phi) is 7.93. The minimum atomic E-state index is -2.68. The maximum atomic E-state index is 14.0. The summed E-state index contributed by atoms with van der Waals surface area (Å²) < 4.78 is 0. The molecule has 0 bridgehead atoms. The summed E-state index contributed by atoms with van der Waals surface area (Å²) in [4.78, 5) is 43.1. The number of rotatable bonds is 7. The van der Waals surface area contributed by atoms with Crippen molar-refractivity contribution in [3.63, 3.8) is 0 Å². The van der Waals surface area contributed by atoms with Gasteiger partial charge in [-0.15, -0.1) is 0 Å². The number of ketones is 2. The Labute approximate surface area is 254 Å². The minimum Gasteiger partial charge on any atom is -0.508 e. The molecule has 0 radical (unpaired) electrons. The Morgan fingerprint density at radius 3 is 2.40 bits per heavy atom. The van der Waals surface area contributed by atoms with Crippen molar-refractivity contribution < 1.29 is 34.8 Å². The fraction of sp³-hybridized carbons (Fsp3) is 0.406. The van der Waals surface area contributed by atoms with E-state index >= 15 is 0 Å². The van der Waals surface area contributed by atoms with Gasteiger partial charge in [-0.2, -0.15) is 0 Å². The van der Waals surface area contributed by atoms with Crippen LogP contribution in [0.5, 0.6) is 5.75 Å². The molecule has 3 aliphatic carbocycles. The van der Waals surface area contributed by atoms with Crippen LogP contribution in [0, 0.1) is 11.8 Å². The second kappa shape index (κ2) is 11.1. The molecule has 1 fully saturated rings. The minimum absolute atomic E-state index is 0.000787. The molecule has 0 aromatic heterocycles. The highest BCUT2D eigenvalue weighted by atomic mass is 35.5. The molecule has 6 N–H and O–H groups in total. The number of carbonyl (C=O) groups excluding carboxylic acids is 3. The Morgan fingerprint density at radius 1 is 1.16 bits per heavy atom. The van der Waals surface area contributed by atoms with Crippen LogP contribution in [0.25, 0.3) is 5.76 Å². The maximum absolute atomic E-state index is 14.0. The lowest BCUT2D eigenvalue weighted by atomic mass is 9.57. The number of fused-ring (bicyclic) bond motifs is 3. The van der Waals surface area contributed by atoms with Gasteiger partial charge in [0.2, 0.25) is 5.78 Å². The van der Waals surface area contributed by atoms with E-state index < -0.39 is 58.0 Å². The summed E-state index contributed by atoms with van der Waals surface area (Å²) in [6, 6.07) is 10.4. The number of benzene rings is 2. The molecule has 3 aliphatic rings. The van der Waals surface area contributed by atoms with Crippen LogP contribution in [-0.2, 0) is 27.3 Å². The van der Waals surface area contributed by atoms with Gasteiger partial charge in [0.05, 0.1) is 11.6 Å². The van der Waals surface area contributed by atoms with Gasteiger partial charge in [-0.1, -0.05) is 48.9 Å². The van der Waals surface area contributed by atoms with Crippen molar-refractivity contribution >= 4 is 34.8 Å². The molecule has 1 unspecified atom stereocenters. The normalized spacial score (nSPS) is 26.0. The number of likely N-dealkylation sites (N-methyl/N-ethyl adjacent to an activating group) is 1. The van der Waals surface area contributed by atoms with Gasteiger partial charge in [-0.3, -0.25) is 24.2 Å². The van der Waals surface area contributed by atoms with E-state index in [1.807, 2.05) is 37.3 Å². The summed E-state index contributed by atoms with van der Waals surface area (Å²) in [5.74, 6) is -6.93. The summed E-state index contributed by atoms with van der Waals surface area (Å²) in [6.07, 6.45) is 0.133. The van der Waals surface area contributed by atoms with Gasteiger partial charge in [0, 0.05) is 29.1 Å². The van der Waals surface area contributed by atoms with Crippen LogP contribution in [0.2, 0.25) is 5.02 Å². The smallest absolute Gasteiger partial charge is 0.255 e. The van der Waals surface area contributed by atoms with Crippen molar-refractivity contribution in [1.29, 1.82) is 0 Å². The van der Waals surface area contributed by atoms with Gasteiger partial charge in [-0.25, -0.2) is 0 Å². The highest BCUT2D eigenvalue weighted by Gasteiger charge is 2.64. The lowest BCUT2D eigenvalue weighted by molar-refractivity contribution is -0.153. The Balaban J connectivity index is 1.60. The Hall–Kier alpha value is -3.70. The van der Waals surface area contributed by atoms with Crippen molar-refractivity contribution in [3.8, 4) is 5.75 Å². The summed E-state index contributed by atoms with van der Waals surface area (Å²) >= 11 is 6.96. The van der Waals surface area contributed by atoms with Gasteiger partial charge in [0.1, 0.15) is 22.8 Å². The Morgan fingerprint density at radius 2 is 1.81 bits per heavy atom. The van der Waals surface area contributed by atoms with Gasteiger partial charge in [-0.05, 0) is 69.1 Å². The number of nitrogens with zero attached hydrogens (tertiary/aromatic N) is 2. The first-order chi connectivity index (χ1) is 20.2. The molecular formula is C32H36ClN3O7. The zero-order chi connectivity index (χ0) is 31.5. The van der Waals surface area contributed by atoms with Gasteiger partial charge in [0.25, 0.3) is 5.91 Å². The molecule has 228 valence electrons. The highest BCUT2D eigenvalue weighted by molar-refractivity contribution is 6.32. The average molecular weight is 610 g/mol. The quantitative estimate of drug-likeness (QED) is 0.296. The summed E-state index contributed by atoms with van der Waals surface area (Å²) in [7, 11) is 3.12. The topological polar surface area (TPSA) is 165 Å². The number of phenolic OH excluding ortho intramolecular Hbond substituents is 1. The molecule has 43 heavy (non-hydrogen) atoms. The van der Waals surface area contributed by atoms with Gasteiger partial charge in [0.15, 0.2) is 11.4 Å². The lowest BCUT2D eigenvalue weighted by Gasteiger charge is -2.50. The number of Topliss-reactive ketones (excluding diaryl/α,β-unsaturated/α-hetero) is 2. The predicted octanol–water partition coefficient (Wildman–Crippen LogP) is 3.20. The molecule has 11 heteroatoms. The fourth-order valence-electron chi connectivity index (χ4n) is 7.15. The van der Waals surface area contributed by atoms with Gasteiger partial charge < -0.3 is 26.2 Å². The van der Waals surface area contributed by atoms with Gasteiger partial charge >= 0.3 is 0 Å². The summed E-state index contributed by atoms with van der Waals surface area (Å²) in [5, 5.41) is 45.6. The van der Waals surface area contributed by atoms with E-state index in [0.29, 0.717) is 29.2 Å². The molecular weight excluding hydrogens is 574 g/mol. The van der Waals surface area contributed by atoms with Crippen molar-refractivity contribution in [2.24, 2.45) is 17.6 Å². The molecule has 5 rings (SSSR count). The number of primary amides is 1. The highest BCUT2D eigenvalue weighted by Crippen LogP contribution is 2.53. The van der Waals surface area contributed by atoms with E-state index in [9.17, 15) is 34.8 Å². The van der Waals surface area contributed by atoms with Crippen LogP contribution in [0.4, 0.5) is 0 Å². The van der Waals surface area contributed by atoms with Crippen LogP contribution < -0.4 is 5.73 Å². The number of phenols is 1. The molecule has 0 aliphatic heterocycles. The lowest BCUT2D eigenvalue weighted by Crippen LogP contribution is -2.65. The monoisotopic (exact) mass is 609 g/mol. The SMILES string of the molecule is CCN(Cc1cc(O)c2c(c1Cl)C[C@H]1C[C@H]3[C@H](N(C)C)C(=O)C(C(N)=O)=C(O)[C@@]3(O)C(=O)C1=C2O)C(C)c1ccccc1. The maximum Gasteiger partial charge on any atom is 0.255 e. The number of amides is 1. The van der Waals surface area contributed by atoms with E-state index in [4.69, 9.17) is 17.3 Å². The average Bonchev–Trinajstić information content (AvgIpc) is 2.95. The third-order valence-corrected chi connectivity index (χ3v) is 9.81. The Bertz CT molecular complexity index is 1580. The number of hydrogen-bond donors (Lipinski definition) is 5. The number of aliphatic hydroxyl groups excluding tert-OH is 2. The first kappa shape index (κ1) is 30.7. The van der Waals surface area contributed by atoms with Crippen LogP contribution >= 0.6 is 11.6 Å². The molecule has 0 saturated heterocycles. The number of halogens is 1. The number of nitrogens with two attached hydrogens (primary N) is 1. The molecule has 0 heterocycles. The summed E-state index contributed by atoms with van der Waals surface area (Å²) in [5.41, 5.74) is 3.83. The van der Waals surface area contributed by atoms with Crippen LogP contribution in [-0.4, -0.2) is 80.0 Å². The van der Waals surface area contributed by atoms with E-state index in [-0.39, 0.29) is 35.8 Å². The number of hydrogen-bond acceptors (Lipinski definition) is 9. The number of aromatic hydroxyl groups is 1. The largest absolute Gasteiger partial charge is 0.508 e. The fourth-order valence-corrected chi connectivity index (χ4v) is 7.43. The first-order valence-corrected chi connectivity index (χ1v) is 14.6. The van der Waals surface area contributed by atoms with Crippen molar-refractivity contribution in [3.05, 3.63) is 80.6 Å². The van der Waals surface area contributed by atoms with Crippen molar-refractivity contribution in [2.75, 3.05) is 20.6 Å². The zero-order valence-electron chi connectivity index (χ0n) is 24.5. The molecule has 0 spiro atoms. The number of carbonyl (C=O) groups is 3. The molecule has 1 amide bonds. The third-order valence-electron chi connectivity index (χ3n) is 9.34. The van der Waals surface area contributed by atoms with Crippen LogP contribution in [0.1, 0.15) is 48.6 Å². The number of aliphatic hydroxyl groups is 3. The molecule has 5 atom stereocenters. The molecule has 1 saturated carbocycles. The van der Waals surface area contributed by atoms with E-state index in [1.165, 1.54) is 11.0 Å². The first-order valence-electron chi connectivity index (χ1n) is 14.2. The third kappa shape index (κ3) is 4.64.